The Balaban J connectivity index is 1.82. The Kier molecular flexibility index (Phi) is 12.1. The lowest BCUT2D eigenvalue weighted by atomic mass is 9.80. The van der Waals surface area contributed by atoms with Crippen molar-refractivity contribution < 1.29 is 33.5 Å². The van der Waals surface area contributed by atoms with Crippen LogP contribution in [0.3, 0.4) is 0 Å². The standard InChI is InChI=1S/C32H52IN5O7/c1-31(2,3)24(36-30(44)37-25(32(4,5)6)29(43)45-19-13-10-14-19)28(42)38-16-15-20(33(7)8)22(38)27(41)35-21(23(39)26(34)40)17-18-11-9-12-18/h7,18-22,24-25H,9-17H2,1-6,8H3,(H2,34,40)(H,35,41)(H2,36,37,44)/t20-,21?,22-,24+,25+/m0/s1. The molecule has 5 atom stereocenters. The molecule has 2 aliphatic carbocycles. The number of halogens is 1. The third kappa shape index (κ3) is 9.43. The topological polar surface area (TPSA) is 177 Å². The van der Waals surface area contributed by atoms with Crippen LogP contribution in [0.15, 0.2) is 0 Å². The molecule has 0 spiro atoms. The van der Waals surface area contributed by atoms with Gasteiger partial charge in [-0.25, -0.2) is 9.59 Å². The van der Waals surface area contributed by atoms with Crippen LogP contribution in [0.25, 0.3) is 0 Å². The molecule has 2 saturated carbocycles. The Morgan fingerprint density at radius 2 is 1.44 bits per heavy atom. The average Bonchev–Trinajstić information content (AvgIpc) is 3.32. The number of Topliss-reactive ketones (excluding diaryl/α,β-unsaturated/α-hetero) is 1. The second kappa shape index (κ2) is 14.8. The van der Waals surface area contributed by atoms with E-state index in [1.165, 1.54) is 4.90 Å². The third-order valence-corrected chi connectivity index (χ3v) is 12.9. The summed E-state index contributed by atoms with van der Waals surface area (Å²) in [6.07, 6.45) is 6.06. The van der Waals surface area contributed by atoms with E-state index in [1.54, 1.807) is 20.8 Å². The van der Waals surface area contributed by atoms with Crippen LogP contribution in [-0.4, -0.2) is 86.1 Å². The molecule has 13 heteroatoms. The van der Waals surface area contributed by atoms with Crippen molar-refractivity contribution in [1.82, 2.24) is 20.9 Å². The normalized spacial score (nSPS) is 22.8. The number of amides is 5. The molecule has 5 N–H and O–H groups in total. The molecule has 1 aliphatic heterocycles. The molecule has 3 rings (SSSR count). The zero-order valence-electron chi connectivity index (χ0n) is 27.7. The van der Waals surface area contributed by atoms with Gasteiger partial charge in [-0.1, -0.05) is 60.8 Å². The molecule has 0 aromatic rings. The van der Waals surface area contributed by atoms with E-state index in [0.29, 0.717) is 12.8 Å². The highest BCUT2D eigenvalue weighted by Gasteiger charge is 2.48. The molecule has 1 saturated heterocycles. The molecule has 0 bridgehead atoms. The van der Waals surface area contributed by atoms with Gasteiger partial charge in [0.15, 0.2) is 0 Å². The number of primary amides is 1. The Morgan fingerprint density at radius 3 is 1.89 bits per heavy atom. The van der Waals surface area contributed by atoms with E-state index >= 15 is 0 Å². The molecule has 0 aromatic heterocycles. The molecule has 1 unspecified atom stereocenters. The SMILES string of the molecule is C#I(C)[C@H]1CCN(C(=O)[C@@H](NC(=O)N[C@H](C(=O)OC2CCC2)C(C)(C)C)C(C)(C)C)[C@@H]1C(=O)NC(CC1CCC1)C(=O)C(N)=O. The van der Waals surface area contributed by atoms with Crippen molar-refractivity contribution >= 4 is 54.6 Å². The molecule has 45 heavy (non-hydrogen) atoms. The maximum atomic E-state index is 14.2. The summed E-state index contributed by atoms with van der Waals surface area (Å²) in [7, 11) is 0. The predicted octanol–water partition coefficient (Wildman–Crippen LogP) is 2.63. The second-order valence-electron chi connectivity index (χ2n) is 14.9. The van der Waals surface area contributed by atoms with Gasteiger partial charge in [0, 0.05) is 10.5 Å². The number of carbonyl (C=O) groups excluding carboxylic acids is 6. The quantitative estimate of drug-likeness (QED) is 0.109. The minimum atomic E-state index is -2.17. The summed E-state index contributed by atoms with van der Waals surface area (Å²) in [4.78, 5) is 82.3. The molecule has 3 fully saturated rings. The fourth-order valence-corrected chi connectivity index (χ4v) is 8.91. The van der Waals surface area contributed by atoms with Crippen molar-refractivity contribution in [3.05, 3.63) is 0 Å². The summed E-state index contributed by atoms with van der Waals surface area (Å²) >= 11 is -2.17. The van der Waals surface area contributed by atoms with Crippen molar-refractivity contribution in [3.63, 3.8) is 0 Å². The van der Waals surface area contributed by atoms with Crippen LogP contribution in [0.4, 0.5) is 4.79 Å². The zero-order chi connectivity index (χ0) is 33.9. The van der Waals surface area contributed by atoms with Crippen LogP contribution in [0.2, 0.25) is 0 Å². The number of rotatable bonds is 11. The first kappa shape index (κ1) is 36.8. The number of carbonyl (C=O) groups is 6. The number of nitrogens with zero attached hydrogens (tertiary/aromatic N) is 1. The third-order valence-electron chi connectivity index (χ3n) is 9.09. The summed E-state index contributed by atoms with van der Waals surface area (Å²) in [6, 6.07) is -4.77. The molecule has 5 amide bonds. The van der Waals surface area contributed by atoms with Gasteiger partial charge in [0.25, 0.3) is 5.91 Å². The number of ketones is 1. The lowest BCUT2D eigenvalue weighted by molar-refractivity contribution is -0.158. The van der Waals surface area contributed by atoms with Gasteiger partial charge in [-0.3, -0.25) is 19.2 Å². The number of hydrogen-bond donors (Lipinski definition) is 4. The lowest BCUT2D eigenvalue weighted by Gasteiger charge is -2.38. The molecule has 254 valence electrons. The minimum absolute atomic E-state index is 0.150. The van der Waals surface area contributed by atoms with Gasteiger partial charge in [-0.15, -0.1) is 23.5 Å². The first-order valence-electron chi connectivity index (χ1n) is 15.9. The second-order valence-corrected chi connectivity index (χ2v) is 19.7. The highest BCUT2D eigenvalue weighted by molar-refractivity contribution is 14.2. The van der Waals surface area contributed by atoms with Gasteiger partial charge in [-0.2, -0.15) is 0 Å². The van der Waals surface area contributed by atoms with Crippen LogP contribution in [0, 0.1) is 21.1 Å². The fourth-order valence-electron chi connectivity index (χ4n) is 5.86. The van der Waals surface area contributed by atoms with Gasteiger partial charge < -0.3 is 31.3 Å². The van der Waals surface area contributed by atoms with Gasteiger partial charge in [0.2, 0.25) is 17.6 Å². The first-order chi connectivity index (χ1) is 20.8. The Hall–Kier alpha value is -2.67. The molecule has 0 aromatic carbocycles. The van der Waals surface area contributed by atoms with E-state index in [9.17, 15) is 28.8 Å². The Bertz CT molecular complexity index is 1240. The average molecular weight is 746 g/mol. The minimum Gasteiger partial charge on any atom is -0.461 e. The maximum absolute atomic E-state index is 14.2. The molecule has 0 radical (unpaired) electrons. The summed E-state index contributed by atoms with van der Waals surface area (Å²) in [5.74, 6) is -3.33. The summed E-state index contributed by atoms with van der Waals surface area (Å²) in [5, 5.41) is 8.25. The van der Waals surface area contributed by atoms with Crippen LogP contribution < -0.4 is 21.7 Å². The largest absolute Gasteiger partial charge is 0.461 e. The highest BCUT2D eigenvalue weighted by atomic mass is 127. The monoisotopic (exact) mass is 745 g/mol. The van der Waals surface area contributed by atoms with Crippen LogP contribution in [-0.2, 0) is 28.7 Å². The molecule has 12 nitrogen and oxygen atoms in total. The smallest absolute Gasteiger partial charge is 0.329 e. The molecular weight excluding hydrogens is 693 g/mol. The number of alkyl halides is 2. The zero-order valence-corrected chi connectivity index (χ0v) is 29.9. The van der Waals surface area contributed by atoms with Gasteiger partial charge >= 0.3 is 12.0 Å². The van der Waals surface area contributed by atoms with E-state index in [-0.39, 0.29) is 22.5 Å². The van der Waals surface area contributed by atoms with Gasteiger partial charge in [-0.05, 0) is 53.8 Å². The van der Waals surface area contributed by atoms with E-state index < -0.39 is 89.6 Å². The predicted molar refractivity (Wildman–Crippen MR) is 179 cm³/mol. The van der Waals surface area contributed by atoms with Crippen molar-refractivity contribution in [2.75, 3.05) is 11.5 Å². The first-order valence-corrected chi connectivity index (χ1v) is 20.5. The number of urea groups is 1. The molecular formula is C32H52IN5O7. The van der Waals surface area contributed by atoms with E-state index in [2.05, 4.69) is 16.0 Å². The van der Waals surface area contributed by atoms with Crippen molar-refractivity contribution in [3.8, 4) is 4.31 Å². The number of likely N-dealkylation sites (tertiary alicyclic amines) is 1. The van der Waals surface area contributed by atoms with Crippen molar-refractivity contribution in [2.24, 2.45) is 22.5 Å². The van der Waals surface area contributed by atoms with Crippen molar-refractivity contribution in [2.45, 2.75) is 127 Å². The van der Waals surface area contributed by atoms with E-state index in [4.69, 9.17) is 14.8 Å². The van der Waals surface area contributed by atoms with Gasteiger partial charge in [0.05, 0.1) is 6.04 Å². The summed E-state index contributed by atoms with van der Waals surface area (Å²) < 4.78 is 11.7. The lowest BCUT2D eigenvalue weighted by Crippen LogP contribution is -2.62. The Labute approximate surface area is 273 Å². The van der Waals surface area contributed by atoms with Crippen LogP contribution in [0.5, 0.6) is 0 Å². The highest BCUT2D eigenvalue weighted by Crippen LogP contribution is 2.37. The molecule has 1 heterocycles. The maximum Gasteiger partial charge on any atom is 0.329 e. The number of hydrogen-bond acceptors (Lipinski definition) is 7. The number of nitrogens with one attached hydrogen (secondary N) is 3. The number of ether oxygens (including phenoxy) is 1. The van der Waals surface area contributed by atoms with E-state index in [0.717, 1.165) is 38.5 Å². The summed E-state index contributed by atoms with van der Waals surface area (Å²) in [5.41, 5.74) is 3.87. The van der Waals surface area contributed by atoms with Crippen molar-refractivity contribution in [1.29, 1.82) is 0 Å². The number of esters is 1. The summed E-state index contributed by atoms with van der Waals surface area (Å²) in [6.45, 7) is 11.1. The fraction of sp³-hybridized carbons (Fsp3) is 0.781. The molecule has 3 aliphatic rings. The van der Waals surface area contributed by atoms with Crippen LogP contribution >= 0.6 is 19.1 Å². The Morgan fingerprint density at radius 1 is 0.889 bits per heavy atom. The van der Waals surface area contributed by atoms with E-state index in [1.807, 2.05) is 25.7 Å². The van der Waals surface area contributed by atoms with Gasteiger partial charge in [0.1, 0.15) is 24.2 Å². The van der Waals surface area contributed by atoms with Crippen LogP contribution in [0.1, 0.15) is 92.9 Å². The number of nitrogens with two attached hydrogens (primary N) is 1.